The highest BCUT2D eigenvalue weighted by Crippen LogP contribution is 2.46. The van der Waals surface area contributed by atoms with Gasteiger partial charge in [0.15, 0.2) is 0 Å². The molecule has 0 aliphatic heterocycles. The SMILES string of the molecule is CC1C(c2nc(-c3ccc4[nH]c5c(c4c3)CCC5CC(=O)O)no2)=CC(C(F)(F)F)=CC1C(F)(F)F. The number of allylic oxidation sites excluding steroid dienone is 4. The lowest BCUT2D eigenvalue weighted by atomic mass is 9.80. The topological polar surface area (TPSA) is 92.0 Å². The Kier molecular flexibility index (Phi) is 5.53. The van der Waals surface area contributed by atoms with Crippen molar-refractivity contribution in [1.82, 2.24) is 15.1 Å². The molecule has 36 heavy (non-hydrogen) atoms. The number of benzene rings is 1. The van der Waals surface area contributed by atoms with Crippen LogP contribution in [0, 0.1) is 11.8 Å². The summed E-state index contributed by atoms with van der Waals surface area (Å²) < 4.78 is 85.6. The van der Waals surface area contributed by atoms with Gasteiger partial charge in [-0.1, -0.05) is 18.2 Å². The number of halogens is 6. The van der Waals surface area contributed by atoms with Crippen LogP contribution in [0.5, 0.6) is 0 Å². The molecule has 0 saturated heterocycles. The standard InChI is InChI=1S/C24H19F6N3O3/c1-10-15(8-13(23(25,26)27)9-17(10)24(28,29)30)22-32-21(33-36-22)12-3-5-18-16(6-12)14-4-2-11(7-19(34)35)20(14)31-18/h3,5-6,8-11,17,31H,2,4,7H2,1H3,(H,34,35). The third-order valence-electron chi connectivity index (χ3n) is 6.85. The maximum atomic E-state index is 13.5. The van der Waals surface area contributed by atoms with Gasteiger partial charge in [0.1, 0.15) is 0 Å². The number of aromatic amines is 1. The van der Waals surface area contributed by atoms with Crippen molar-refractivity contribution in [2.45, 2.75) is 44.5 Å². The van der Waals surface area contributed by atoms with Crippen LogP contribution in [0.15, 0.2) is 40.4 Å². The zero-order valence-electron chi connectivity index (χ0n) is 18.7. The minimum absolute atomic E-state index is 0.00145. The molecule has 3 atom stereocenters. The molecule has 3 aromatic rings. The molecule has 2 aliphatic rings. The van der Waals surface area contributed by atoms with Crippen molar-refractivity contribution < 1.29 is 40.8 Å². The molecule has 5 rings (SSSR count). The summed E-state index contributed by atoms with van der Waals surface area (Å²) in [6, 6.07) is 5.14. The lowest BCUT2D eigenvalue weighted by Crippen LogP contribution is -2.32. The van der Waals surface area contributed by atoms with E-state index in [0.717, 1.165) is 22.2 Å². The van der Waals surface area contributed by atoms with Crippen molar-refractivity contribution in [2.24, 2.45) is 11.8 Å². The molecule has 2 N–H and O–H groups in total. The van der Waals surface area contributed by atoms with Crippen LogP contribution in [-0.2, 0) is 11.2 Å². The first kappa shape index (κ1) is 24.1. The van der Waals surface area contributed by atoms with E-state index in [4.69, 9.17) is 9.63 Å². The zero-order valence-corrected chi connectivity index (χ0v) is 18.7. The number of H-pyrrole nitrogens is 1. The fourth-order valence-electron chi connectivity index (χ4n) is 5.05. The summed E-state index contributed by atoms with van der Waals surface area (Å²) in [6.07, 6.45) is -7.71. The molecule has 2 aromatic heterocycles. The van der Waals surface area contributed by atoms with E-state index in [1.54, 1.807) is 18.2 Å². The summed E-state index contributed by atoms with van der Waals surface area (Å²) in [5.74, 6) is -5.16. The highest BCUT2D eigenvalue weighted by atomic mass is 19.4. The van der Waals surface area contributed by atoms with Crippen molar-refractivity contribution in [3.05, 3.63) is 53.1 Å². The van der Waals surface area contributed by atoms with Gasteiger partial charge in [-0.05, 0) is 42.7 Å². The molecular weight excluding hydrogens is 492 g/mol. The number of hydrogen-bond acceptors (Lipinski definition) is 4. The van der Waals surface area contributed by atoms with E-state index in [-0.39, 0.29) is 29.8 Å². The molecule has 12 heteroatoms. The number of nitrogens with zero attached hydrogens (tertiary/aromatic N) is 2. The van der Waals surface area contributed by atoms with Gasteiger partial charge in [-0.3, -0.25) is 4.79 Å². The van der Waals surface area contributed by atoms with Gasteiger partial charge in [0, 0.05) is 39.6 Å². The van der Waals surface area contributed by atoms with Gasteiger partial charge in [-0.15, -0.1) is 0 Å². The first-order valence-corrected chi connectivity index (χ1v) is 11.1. The van der Waals surface area contributed by atoms with E-state index < -0.39 is 41.6 Å². The Hall–Kier alpha value is -3.57. The molecular formula is C24H19F6N3O3. The van der Waals surface area contributed by atoms with Crippen LogP contribution in [-0.4, -0.2) is 38.6 Å². The molecule has 0 amide bonds. The van der Waals surface area contributed by atoms with E-state index in [1.165, 1.54) is 6.92 Å². The maximum Gasteiger partial charge on any atom is 0.416 e. The molecule has 2 heterocycles. The lowest BCUT2D eigenvalue weighted by molar-refractivity contribution is -0.169. The number of aliphatic carboxylic acids is 1. The number of aromatic nitrogens is 3. The van der Waals surface area contributed by atoms with E-state index in [9.17, 15) is 31.1 Å². The van der Waals surface area contributed by atoms with Crippen LogP contribution in [0.4, 0.5) is 26.3 Å². The van der Waals surface area contributed by atoms with Crippen LogP contribution in [0.25, 0.3) is 27.9 Å². The van der Waals surface area contributed by atoms with Gasteiger partial charge in [0.05, 0.1) is 17.9 Å². The van der Waals surface area contributed by atoms with Crippen LogP contribution >= 0.6 is 0 Å². The summed E-state index contributed by atoms with van der Waals surface area (Å²) >= 11 is 0. The van der Waals surface area contributed by atoms with Crippen molar-refractivity contribution >= 4 is 22.4 Å². The van der Waals surface area contributed by atoms with Gasteiger partial charge in [-0.25, -0.2) is 0 Å². The summed E-state index contributed by atoms with van der Waals surface area (Å²) in [5, 5.41) is 13.8. The first-order valence-electron chi connectivity index (χ1n) is 11.1. The number of carbonyl (C=O) groups is 1. The predicted octanol–water partition coefficient (Wildman–Crippen LogP) is 6.42. The second-order valence-electron chi connectivity index (χ2n) is 9.11. The number of hydrogen-bond donors (Lipinski definition) is 2. The van der Waals surface area contributed by atoms with Gasteiger partial charge in [-0.2, -0.15) is 31.3 Å². The Balaban J connectivity index is 1.50. The van der Waals surface area contributed by atoms with Crippen molar-refractivity contribution in [1.29, 1.82) is 0 Å². The van der Waals surface area contributed by atoms with Gasteiger partial charge in [0.2, 0.25) is 5.82 Å². The van der Waals surface area contributed by atoms with Gasteiger partial charge in [0.25, 0.3) is 5.89 Å². The number of aryl methyl sites for hydroxylation is 1. The van der Waals surface area contributed by atoms with E-state index in [1.807, 2.05) is 0 Å². The fraction of sp³-hybridized carbons (Fsp3) is 0.375. The van der Waals surface area contributed by atoms with E-state index >= 15 is 0 Å². The number of carboxylic acid groups (broad SMARTS) is 1. The fourth-order valence-corrected chi connectivity index (χ4v) is 5.05. The Morgan fingerprint density at radius 1 is 1.22 bits per heavy atom. The number of alkyl halides is 6. The minimum Gasteiger partial charge on any atom is -0.481 e. The summed E-state index contributed by atoms with van der Waals surface area (Å²) in [6.45, 7) is 1.17. The molecule has 0 bridgehead atoms. The Morgan fingerprint density at radius 2 is 1.97 bits per heavy atom. The molecule has 2 aliphatic carbocycles. The predicted molar refractivity (Wildman–Crippen MR) is 116 cm³/mol. The largest absolute Gasteiger partial charge is 0.481 e. The van der Waals surface area contributed by atoms with Crippen molar-refractivity contribution in [2.75, 3.05) is 0 Å². The number of nitrogens with one attached hydrogen (secondary N) is 1. The zero-order chi connectivity index (χ0) is 26.0. The molecule has 0 radical (unpaired) electrons. The number of carboxylic acids is 1. The number of rotatable bonds is 4. The molecule has 6 nitrogen and oxygen atoms in total. The van der Waals surface area contributed by atoms with Crippen LogP contribution in [0.1, 0.15) is 42.8 Å². The maximum absolute atomic E-state index is 13.5. The molecule has 1 aromatic carbocycles. The summed E-state index contributed by atoms with van der Waals surface area (Å²) in [7, 11) is 0. The molecule has 190 valence electrons. The lowest BCUT2D eigenvalue weighted by Gasteiger charge is -2.29. The molecule has 0 saturated carbocycles. The average molecular weight is 511 g/mol. The third-order valence-corrected chi connectivity index (χ3v) is 6.85. The molecule has 0 spiro atoms. The quantitative estimate of drug-likeness (QED) is 0.395. The second kappa shape index (κ2) is 8.24. The molecule has 0 fully saturated rings. The minimum atomic E-state index is -4.98. The highest BCUT2D eigenvalue weighted by molar-refractivity contribution is 5.89. The van der Waals surface area contributed by atoms with E-state index in [0.29, 0.717) is 24.5 Å². The Morgan fingerprint density at radius 3 is 2.64 bits per heavy atom. The molecule has 3 unspecified atom stereocenters. The highest BCUT2D eigenvalue weighted by Gasteiger charge is 2.48. The Labute approximate surface area is 199 Å². The van der Waals surface area contributed by atoms with Crippen LogP contribution in [0.3, 0.4) is 0 Å². The smallest absolute Gasteiger partial charge is 0.416 e. The third kappa shape index (κ3) is 4.18. The average Bonchev–Trinajstić information content (AvgIpc) is 3.48. The van der Waals surface area contributed by atoms with Gasteiger partial charge >= 0.3 is 18.3 Å². The van der Waals surface area contributed by atoms with E-state index in [2.05, 4.69) is 15.1 Å². The van der Waals surface area contributed by atoms with Gasteiger partial charge < -0.3 is 14.6 Å². The summed E-state index contributed by atoms with van der Waals surface area (Å²) in [5.41, 5.74) is 1.30. The summed E-state index contributed by atoms with van der Waals surface area (Å²) in [4.78, 5) is 18.5. The monoisotopic (exact) mass is 511 g/mol. The van der Waals surface area contributed by atoms with Crippen molar-refractivity contribution in [3.63, 3.8) is 0 Å². The van der Waals surface area contributed by atoms with Crippen molar-refractivity contribution in [3.8, 4) is 11.4 Å². The normalized spacial score (nSPS) is 22.5. The van der Waals surface area contributed by atoms with Crippen LogP contribution in [0.2, 0.25) is 0 Å². The Bertz CT molecular complexity index is 1410. The second-order valence-corrected chi connectivity index (χ2v) is 9.11. The van der Waals surface area contributed by atoms with Crippen LogP contribution < -0.4 is 0 Å². The number of fused-ring (bicyclic) bond motifs is 3. The first-order chi connectivity index (χ1) is 16.8.